The maximum Gasteiger partial charge on any atom is 0.274 e. The molecule has 0 aliphatic heterocycles. The molecule has 140 valence electrons. The summed E-state index contributed by atoms with van der Waals surface area (Å²) in [5, 5.41) is 16.6. The predicted octanol–water partition coefficient (Wildman–Crippen LogP) is 5.36. The number of nitrogens with one attached hydrogen (secondary N) is 1. The molecule has 1 N–H and O–H groups in total. The van der Waals surface area contributed by atoms with E-state index in [9.17, 15) is 0 Å². The summed E-state index contributed by atoms with van der Waals surface area (Å²) in [5.41, 5.74) is 4.38. The number of anilines is 2. The Labute approximate surface area is 175 Å². The molecule has 0 atom stereocenters. The molecule has 0 aliphatic carbocycles. The standard InChI is InChI=1S/C22H15BrN6/c23-17-11-13-18(14-12-17)24-21-26-27-22-25-19(15-7-3-1-4-8-15)20(28-29(21)22)16-9-5-2-6-10-16/h1-14H,(H,24,26). The lowest BCUT2D eigenvalue weighted by Crippen LogP contribution is -2.04. The minimum absolute atomic E-state index is 0.433. The Balaban J connectivity index is 1.67. The number of nitrogens with zero attached hydrogens (tertiary/aromatic N) is 5. The number of rotatable bonds is 4. The van der Waals surface area contributed by atoms with Crippen molar-refractivity contribution in [2.24, 2.45) is 0 Å². The Morgan fingerprint density at radius 1 is 0.690 bits per heavy atom. The highest BCUT2D eigenvalue weighted by Crippen LogP contribution is 2.29. The molecule has 0 unspecified atom stereocenters. The summed E-state index contributed by atoms with van der Waals surface area (Å²) in [4.78, 5) is 4.78. The van der Waals surface area contributed by atoms with Crippen LogP contribution in [0.25, 0.3) is 28.3 Å². The third kappa shape index (κ3) is 3.48. The highest BCUT2D eigenvalue weighted by atomic mass is 79.9. The van der Waals surface area contributed by atoms with Gasteiger partial charge in [-0.25, -0.2) is 4.98 Å². The first-order chi connectivity index (χ1) is 14.3. The fourth-order valence-electron chi connectivity index (χ4n) is 3.06. The lowest BCUT2D eigenvalue weighted by Gasteiger charge is -2.10. The molecular weight excluding hydrogens is 428 g/mol. The first-order valence-corrected chi connectivity index (χ1v) is 9.84. The Hall–Kier alpha value is -3.58. The first kappa shape index (κ1) is 17.5. The quantitative estimate of drug-likeness (QED) is 0.405. The van der Waals surface area contributed by atoms with Crippen molar-refractivity contribution in [1.29, 1.82) is 0 Å². The van der Waals surface area contributed by atoms with Crippen LogP contribution >= 0.6 is 15.9 Å². The normalized spacial score (nSPS) is 10.9. The molecule has 0 amide bonds. The molecule has 0 radical (unpaired) electrons. The van der Waals surface area contributed by atoms with Gasteiger partial charge in [0, 0.05) is 21.3 Å². The first-order valence-electron chi connectivity index (χ1n) is 9.05. The van der Waals surface area contributed by atoms with Crippen molar-refractivity contribution in [3.05, 3.63) is 89.4 Å². The molecule has 0 saturated carbocycles. The van der Waals surface area contributed by atoms with Crippen molar-refractivity contribution in [2.75, 3.05) is 5.32 Å². The molecule has 7 heteroatoms. The zero-order valence-electron chi connectivity index (χ0n) is 15.2. The average molecular weight is 443 g/mol. The summed E-state index contributed by atoms with van der Waals surface area (Å²) in [6, 6.07) is 27.8. The second kappa shape index (κ2) is 7.44. The van der Waals surface area contributed by atoms with E-state index in [1.807, 2.05) is 84.9 Å². The van der Waals surface area contributed by atoms with Crippen LogP contribution in [-0.4, -0.2) is 24.8 Å². The van der Waals surface area contributed by atoms with Crippen LogP contribution in [0.4, 0.5) is 11.6 Å². The number of halogens is 1. The van der Waals surface area contributed by atoms with E-state index in [0.717, 1.165) is 32.7 Å². The van der Waals surface area contributed by atoms with Crippen LogP contribution in [0.5, 0.6) is 0 Å². The lowest BCUT2D eigenvalue weighted by molar-refractivity contribution is 0.916. The van der Waals surface area contributed by atoms with E-state index < -0.39 is 0 Å². The SMILES string of the molecule is Brc1ccc(Nc2nnc3nc(-c4ccccc4)c(-c4ccccc4)nn23)cc1. The largest absolute Gasteiger partial charge is 0.323 e. The molecule has 2 aromatic heterocycles. The number of hydrogen-bond acceptors (Lipinski definition) is 5. The Bertz CT molecular complexity index is 1270. The van der Waals surface area contributed by atoms with E-state index in [2.05, 4.69) is 31.4 Å². The predicted molar refractivity (Wildman–Crippen MR) is 117 cm³/mol. The zero-order valence-corrected chi connectivity index (χ0v) is 16.8. The van der Waals surface area contributed by atoms with Crippen LogP contribution < -0.4 is 5.32 Å². The van der Waals surface area contributed by atoms with Crippen LogP contribution in [0.1, 0.15) is 0 Å². The maximum absolute atomic E-state index is 4.85. The van der Waals surface area contributed by atoms with E-state index in [1.165, 1.54) is 0 Å². The van der Waals surface area contributed by atoms with Gasteiger partial charge in [-0.1, -0.05) is 76.6 Å². The molecule has 0 spiro atoms. The summed E-state index contributed by atoms with van der Waals surface area (Å²) in [6.45, 7) is 0. The van der Waals surface area contributed by atoms with Crippen molar-refractivity contribution < 1.29 is 0 Å². The van der Waals surface area contributed by atoms with E-state index >= 15 is 0 Å². The van der Waals surface area contributed by atoms with Gasteiger partial charge in [0.25, 0.3) is 11.7 Å². The van der Waals surface area contributed by atoms with E-state index in [1.54, 1.807) is 4.52 Å². The van der Waals surface area contributed by atoms with Crippen LogP contribution in [0, 0.1) is 0 Å². The summed E-state index contributed by atoms with van der Waals surface area (Å²) in [5.74, 6) is 0.940. The smallest absolute Gasteiger partial charge is 0.274 e. The summed E-state index contributed by atoms with van der Waals surface area (Å²) < 4.78 is 2.64. The van der Waals surface area contributed by atoms with Gasteiger partial charge in [-0.05, 0) is 24.3 Å². The molecule has 6 nitrogen and oxygen atoms in total. The monoisotopic (exact) mass is 442 g/mol. The van der Waals surface area contributed by atoms with Gasteiger partial charge in [-0.3, -0.25) is 0 Å². The minimum Gasteiger partial charge on any atom is -0.323 e. The van der Waals surface area contributed by atoms with Gasteiger partial charge in [0.05, 0.1) is 0 Å². The van der Waals surface area contributed by atoms with Gasteiger partial charge in [0.15, 0.2) is 0 Å². The third-order valence-corrected chi connectivity index (χ3v) is 4.98. The second-order valence-corrected chi connectivity index (χ2v) is 7.32. The van der Waals surface area contributed by atoms with Crippen LogP contribution in [0.3, 0.4) is 0 Å². The summed E-state index contributed by atoms with van der Waals surface area (Å²) in [7, 11) is 0. The summed E-state index contributed by atoms with van der Waals surface area (Å²) >= 11 is 3.45. The minimum atomic E-state index is 0.433. The molecule has 0 saturated heterocycles. The number of aromatic nitrogens is 5. The molecule has 3 aromatic carbocycles. The van der Waals surface area contributed by atoms with Crippen LogP contribution in [0.15, 0.2) is 89.4 Å². The average Bonchev–Trinajstić information content (AvgIpc) is 3.17. The fraction of sp³-hybridized carbons (Fsp3) is 0. The fourth-order valence-corrected chi connectivity index (χ4v) is 3.33. The molecule has 0 fully saturated rings. The Morgan fingerprint density at radius 3 is 1.97 bits per heavy atom. The molecule has 0 aliphatic rings. The highest BCUT2D eigenvalue weighted by Gasteiger charge is 2.17. The van der Waals surface area contributed by atoms with Crippen LogP contribution in [0.2, 0.25) is 0 Å². The molecule has 5 aromatic rings. The molecule has 2 heterocycles. The van der Waals surface area contributed by atoms with Crippen LogP contribution in [-0.2, 0) is 0 Å². The third-order valence-electron chi connectivity index (χ3n) is 4.46. The van der Waals surface area contributed by atoms with E-state index in [-0.39, 0.29) is 0 Å². The number of hydrogen-bond donors (Lipinski definition) is 1. The van der Waals surface area contributed by atoms with Gasteiger partial charge >= 0.3 is 0 Å². The van der Waals surface area contributed by atoms with Gasteiger partial charge in [0.1, 0.15) is 11.4 Å². The van der Waals surface area contributed by atoms with Gasteiger partial charge < -0.3 is 5.32 Å². The highest BCUT2D eigenvalue weighted by molar-refractivity contribution is 9.10. The van der Waals surface area contributed by atoms with Gasteiger partial charge in [0.2, 0.25) is 0 Å². The van der Waals surface area contributed by atoms with Crippen molar-refractivity contribution >= 4 is 33.3 Å². The summed E-state index contributed by atoms with van der Waals surface area (Å²) in [6.07, 6.45) is 0. The topological polar surface area (TPSA) is 68.0 Å². The molecule has 5 rings (SSSR count). The molecular formula is C22H15BrN6. The Morgan fingerprint density at radius 2 is 1.31 bits per heavy atom. The van der Waals surface area contributed by atoms with Crippen molar-refractivity contribution in [1.82, 2.24) is 24.8 Å². The van der Waals surface area contributed by atoms with E-state index in [0.29, 0.717) is 11.7 Å². The zero-order chi connectivity index (χ0) is 19.6. The molecule has 0 bridgehead atoms. The van der Waals surface area contributed by atoms with Crippen molar-refractivity contribution in [3.63, 3.8) is 0 Å². The Kier molecular flexibility index (Phi) is 4.50. The van der Waals surface area contributed by atoms with Crippen molar-refractivity contribution in [3.8, 4) is 22.5 Å². The number of fused-ring (bicyclic) bond motifs is 1. The van der Waals surface area contributed by atoms with Gasteiger partial charge in [-0.15, -0.1) is 10.2 Å². The maximum atomic E-state index is 4.85. The lowest BCUT2D eigenvalue weighted by atomic mass is 10.0. The second-order valence-electron chi connectivity index (χ2n) is 6.41. The van der Waals surface area contributed by atoms with Crippen molar-refractivity contribution in [2.45, 2.75) is 0 Å². The number of benzene rings is 3. The molecule has 29 heavy (non-hydrogen) atoms. The van der Waals surface area contributed by atoms with Gasteiger partial charge in [-0.2, -0.15) is 9.61 Å². The van der Waals surface area contributed by atoms with E-state index in [4.69, 9.17) is 10.1 Å².